The minimum atomic E-state index is -4.37. The maximum Gasteiger partial charge on any atom is 0.416 e. The molecule has 7 heteroatoms. The SMILES string of the molecule is CC(C)(C)OC(=O)N1CCCC(Nc2cccc(C(F)(F)F)c2)C1. The highest BCUT2D eigenvalue weighted by molar-refractivity contribution is 5.68. The number of halogens is 3. The average molecular weight is 344 g/mol. The number of nitrogens with one attached hydrogen (secondary N) is 1. The molecule has 1 atom stereocenters. The van der Waals surface area contributed by atoms with Gasteiger partial charge >= 0.3 is 12.3 Å². The van der Waals surface area contributed by atoms with Crippen molar-refractivity contribution in [1.29, 1.82) is 0 Å². The molecule has 2 rings (SSSR count). The number of hydrogen-bond acceptors (Lipinski definition) is 3. The van der Waals surface area contributed by atoms with E-state index in [1.807, 2.05) is 0 Å². The van der Waals surface area contributed by atoms with Gasteiger partial charge in [-0.1, -0.05) is 6.07 Å². The van der Waals surface area contributed by atoms with Gasteiger partial charge in [-0.25, -0.2) is 4.79 Å². The Labute approximate surface area is 140 Å². The Kier molecular flexibility index (Phi) is 5.30. The third-order valence-corrected chi connectivity index (χ3v) is 3.63. The second kappa shape index (κ2) is 6.91. The predicted octanol–water partition coefficient (Wildman–Crippen LogP) is 4.52. The molecule has 0 bridgehead atoms. The van der Waals surface area contributed by atoms with E-state index >= 15 is 0 Å². The van der Waals surface area contributed by atoms with Gasteiger partial charge in [-0.05, 0) is 51.8 Å². The number of anilines is 1. The van der Waals surface area contributed by atoms with Crippen molar-refractivity contribution in [3.8, 4) is 0 Å². The van der Waals surface area contributed by atoms with Crippen LogP contribution >= 0.6 is 0 Å². The molecule has 4 nitrogen and oxygen atoms in total. The summed E-state index contributed by atoms with van der Waals surface area (Å²) in [6, 6.07) is 5.00. The maximum absolute atomic E-state index is 12.8. The Morgan fingerprint density at radius 2 is 2.00 bits per heavy atom. The molecule has 1 aliphatic rings. The predicted molar refractivity (Wildman–Crippen MR) is 85.9 cm³/mol. The molecule has 24 heavy (non-hydrogen) atoms. The first kappa shape index (κ1) is 18.4. The van der Waals surface area contributed by atoms with E-state index in [0.717, 1.165) is 25.0 Å². The van der Waals surface area contributed by atoms with Crippen LogP contribution in [0.4, 0.5) is 23.7 Å². The van der Waals surface area contributed by atoms with Crippen molar-refractivity contribution >= 4 is 11.8 Å². The summed E-state index contributed by atoms with van der Waals surface area (Å²) in [6.45, 7) is 6.40. The summed E-state index contributed by atoms with van der Waals surface area (Å²) in [6.07, 6.45) is -3.20. The molecule has 1 fully saturated rings. The third-order valence-electron chi connectivity index (χ3n) is 3.63. The number of carbonyl (C=O) groups is 1. The van der Waals surface area contributed by atoms with Crippen molar-refractivity contribution in [1.82, 2.24) is 4.90 Å². The second-order valence-corrected chi connectivity index (χ2v) is 6.99. The lowest BCUT2D eigenvalue weighted by molar-refractivity contribution is -0.137. The quantitative estimate of drug-likeness (QED) is 0.858. The number of rotatable bonds is 2. The first-order valence-electron chi connectivity index (χ1n) is 7.96. The van der Waals surface area contributed by atoms with Crippen molar-refractivity contribution in [3.63, 3.8) is 0 Å². The minimum absolute atomic E-state index is 0.102. The van der Waals surface area contributed by atoms with E-state index in [4.69, 9.17) is 4.74 Å². The fraction of sp³-hybridized carbons (Fsp3) is 0.588. The topological polar surface area (TPSA) is 41.6 Å². The molecule has 0 aliphatic carbocycles. The zero-order valence-corrected chi connectivity index (χ0v) is 14.1. The lowest BCUT2D eigenvalue weighted by Crippen LogP contribution is -2.47. The first-order chi connectivity index (χ1) is 11.0. The molecule has 0 saturated carbocycles. The van der Waals surface area contributed by atoms with Crippen LogP contribution < -0.4 is 5.32 Å². The molecule has 1 amide bonds. The number of piperidine rings is 1. The molecule has 1 saturated heterocycles. The van der Waals surface area contributed by atoms with Crippen molar-refractivity contribution in [2.75, 3.05) is 18.4 Å². The van der Waals surface area contributed by atoms with Crippen molar-refractivity contribution in [3.05, 3.63) is 29.8 Å². The van der Waals surface area contributed by atoms with Crippen LogP contribution in [0, 0.1) is 0 Å². The fourth-order valence-electron chi connectivity index (χ4n) is 2.61. The fourth-order valence-corrected chi connectivity index (χ4v) is 2.61. The zero-order chi connectivity index (χ0) is 18.0. The van der Waals surface area contributed by atoms with Gasteiger partial charge in [-0.3, -0.25) is 0 Å². The lowest BCUT2D eigenvalue weighted by atomic mass is 10.1. The summed E-state index contributed by atoms with van der Waals surface area (Å²) in [5.41, 5.74) is -0.855. The van der Waals surface area contributed by atoms with Gasteiger partial charge in [0, 0.05) is 24.8 Å². The van der Waals surface area contributed by atoms with Gasteiger partial charge in [-0.2, -0.15) is 13.2 Å². The van der Waals surface area contributed by atoms with E-state index in [2.05, 4.69) is 5.32 Å². The van der Waals surface area contributed by atoms with E-state index in [0.29, 0.717) is 18.8 Å². The molecule has 0 spiro atoms. The lowest BCUT2D eigenvalue weighted by Gasteiger charge is -2.34. The monoisotopic (exact) mass is 344 g/mol. The summed E-state index contributed by atoms with van der Waals surface area (Å²) in [5, 5.41) is 3.09. The number of carbonyl (C=O) groups excluding carboxylic acids is 1. The van der Waals surface area contributed by atoms with Gasteiger partial charge in [0.2, 0.25) is 0 Å². The number of amides is 1. The van der Waals surface area contributed by atoms with Crippen molar-refractivity contribution in [2.45, 2.75) is 51.4 Å². The highest BCUT2D eigenvalue weighted by Crippen LogP contribution is 2.31. The molecule has 1 heterocycles. The van der Waals surface area contributed by atoms with Crippen molar-refractivity contribution < 1.29 is 22.7 Å². The Morgan fingerprint density at radius 3 is 2.62 bits per heavy atom. The molecule has 1 aromatic rings. The number of alkyl halides is 3. The van der Waals surface area contributed by atoms with E-state index < -0.39 is 23.4 Å². The molecular weight excluding hydrogens is 321 g/mol. The second-order valence-electron chi connectivity index (χ2n) is 6.99. The summed E-state index contributed by atoms with van der Waals surface area (Å²) in [7, 11) is 0. The summed E-state index contributed by atoms with van der Waals surface area (Å²) < 4.78 is 43.7. The molecule has 0 radical (unpaired) electrons. The number of nitrogens with zero attached hydrogens (tertiary/aromatic N) is 1. The van der Waals surface area contributed by atoms with Gasteiger partial charge in [-0.15, -0.1) is 0 Å². The molecule has 0 aromatic heterocycles. The van der Waals surface area contributed by atoms with Crippen LogP contribution in [0.5, 0.6) is 0 Å². The molecule has 1 unspecified atom stereocenters. The van der Waals surface area contributed by atoms with Crippen LogP contribution in [-0.4, -0.2) is 35.7 Å². The Hall–Kier alpha value is -1.92. The van der Waals surface area contributed by atoms with E-state index in [9.17, 15) is 18.0 Å². The smallest absolute Gasteiger partial charge is 0.416 e. The normalized spacial score (nSPS) is 19.1. The van der Waals surface area contributed by atoms with Gasteiger partial charge in [0.05, 0.1) is 5.56 Å². The number of likely N-dealkylation sites (tertiary alicyclic amines) is 1. The average Bonchev–Trinajstić information content (AvgIpc) is 2.45. The summed E-state index contributed by atoms with van der Waals surface area (Å²) in [4.78, 5) is 13.7. The maximum atomic E-state index is 12.8. The van der Waals surface area contributed by atoms with E-state index in [-0.39, 0.29) is 6.04 Å². The third kappa shape index (κ3) is 5.32. The van der Waals surface area contributed by atoms with Crippen LogP contribution in [-0.2, 0) is 10.9 Å². The van der Waals surface area contributed by atoms with Crippen molar-refractivity contribution in [2.24, 2.45) is 0 Å². The van der Waals surface area contributed by atoms with Crippen LogP contribution in [0.2, 0.25) is 0 Å². The number of benzene rings is 1. The highest BCUT2D eigenvalue weighted by Gasteiger charge is 2.31. The standard InChI is InChI=1S/C17H23F3N2O2/c1-16(2,3)24-15(23)22-9-5-8-14(11-22)21-13-7-4-6-12(10-13)17(18,19)20/h4,6-7,10,14,21H,5,8-9,11H2,1-3H3. The van der Waals surface area contributed by atoms with Gasteiger partial charge in [0.15, 0.2) is 0 Å². The first-order valence-corrected chi connectivity index (χ1v) is 7.96. The number of hydrogen-bond donors (Lipinski definition) is 1. The minimum Gasteiger partial charge on any atom is -0.444 e. The Morgan fingerprint density at radius 1 is 1.29 bits per heavy atom. The molecular formula is C17H23F3N2O2. The molecule has 1 aromatic carbocycles. The largest absolute Gasteiger partial charge is 0.444 e. The Bertz CT molecular complexity index is 582. The van der Waals surface area contributed by atoms with Crippen LogP contribution in [0.1, 0.15) is 39.2 Å². The van der Waals surface area contributed by atoms with Crippen LogP contribution in [0.3, 0.4) is 0 Å². The van der Waals surface area contributed by atoms with Crippen LogP contribution in [0.25, 0.3) is 0 Å². The molecule has 134 valence electrons. The molecule has 1 aliphatic heterocycles. The number of ether oxygens (including phenoxy) is 1. The van der Waals surface area contributed by atoms with Gasteiger partial charge in [0.1, 0.15) is 5.60 Å². The highest BCUT2D eigenvalue weighted by atomic mass is 19.4. The van der Waals surface area contributed by atoms with Gasteiger partial charge in [0.25, 0.3) is 0 Å². The van der Waals surface area contributed by atoms with Gasteiger partial charge < -0.3 is 15.0 Å². The van der Waals surface area contributed by atoms with E-state index in [1.54, 1.807) is 31.7 Å². The zero-order valence-electron chi connectivity index (χ0n) is 14.1. The summed E-state index contributed by atoms with van der Waals surface area (Å²) >= 11 is 0. The molecule has 1 N–H and O–H groups in total. The summed E-state index contributed by atoms with van der Waals surface area (Å²) in [5.74, 6) is 0. The van der Waals surface area contributed by atoms with Crippen LogP contribution in [0.15, 0.2) is 24.3 Å². The van der Waals surface area contributed by atoms with E-state index in [1.165, 1.54) is 6.07 Å². The Balaban J connectivity index is 1.99.